The largest absolute Gasteiger partial charge is 0.273 e. The van der Waals surface area contributed by atoms with Crippen molar-refractivity contribution in [3.63, 3.8) is 0 Å². The summed E-state index contributed by atoms with van der Waals surface area (Å²) in [5, 5.41) is 3.93. The predicted octanol–water partition coefficient (Wildman–Crippen LogP) is 1.33. The molecule has 0 aliphatic heterocycles. The first-order valence-electron chi connectivity index (χ1n) is 4.06. The fourth-order valence-electron chi connectivity index (χ4n) is 1.01. The fourth-order valence-corrected chi connectivity index (χ4v) is 1.01. The van der Waals surface area contributed by atoms with Crippen molar-refractivity contribution >= 4 is 5.91 Å². The summed E-state index contributed by atoms with van der Waals surface area (Å²) in [6.07, 6.45) is 4.36. The number of hydrogen-bond acceptors (Lipinski definition) is 1. The second-order valence-corrected chi connectivity index (χ2v) is 2.85. The quantitative estimate of drug-likeness (QED) is 0.581. The lowest BCUT2D eigenvalue weighted by molar-refractivity contribution is -0.127. The Morgan fingerprint density at radius 1 is 1.60 bits per heavy atom. The van der Waals surface area contributed by atoms with Gasteiger partial charge in [-0.1, -0.05) is 13.3 Å². The molecule has 1 saturated carbocycles. The number of nitrogens with zero attached hydrogens (tertiary/aromatic N) is 1. The minimum atomic E-state index is 0.146. The zero-order valence-electron chi connectivity index (χ0n) is 6.47. The molecule has 0 heterocycles. The Balaban J connectivity index is 2.08. The zero-order chi connectivity index (χ0) is 7.40. The Bertz CT molecular complexity index is 118. The molecule has 0 bridgehead atoms. The first kappa shape index (κ1) is 7.58. The highest BCUT2D eigenvalue weighted by Gasteiger charge is 2.25. The van der Waals surface area contributed by atoms with E-state index in [1.807, 2.05) is 6.92 Å². The molecular weight excluding hydrogens is 126 g/mol. The van der Waals surface area contributed by atoms with Gasteiger partial charge in [-0.25, -0.2) is 0 Å². The molecule has 0 aromatic heterocycles. The van der Waals surface area contributed by atoms with E-state index in [2.05, 4.69) is 5.32 Å². The van der Waals surface area contributed by atoms with E-state index in [0.717, 1.165) is 25.8 Å². The highest BCUT2D eigenvalue weighted by Crippen LogP contribution is 2.26. The van der Waals surface area contributed by atoms with Gasteiger partial charge < -0.3 is 0 Å². The van der Waals surface area contributed by atoms with Gasteiger partial charge >= 0.3 is 0 Å². The topological polar surface area (TPSA) is 31.2 Å². The first-order chi connectivity index (χ1) is 4.84. The van der Waals surface area contributed by atoms with Crippen molar-refractivity contribution in [2.24, 2.45) is 5.92 Å². The van der Waals surface area contributed by atoms with E-state index in [1.54, 1.807) is 0 Å². The lowest BCUT2D eigenvalue weighted by Crippen LogP contribution is -2.29. The summed E-state index contributed by atoms with van der Waals surface area (Å²) >= 11 is 0. The highest BCUT2D eigenvalue weighted by molar-refractivity contribution is 5.78. The van der Waals surface area contributed by atoms with Crippen molar-refractivity contribution in [1.29, 1.82) is 0 Å². The van der Waals surface area contributed by atoms with Crippen LogP contribution < -0.4 is 5.32 Å². The molecule has 2 nitrogen and oxygen atoms in total. The molecule has 1 fully saturated rings. The van der Waals surface area contributed by atoms with Crippen molar-refractivity contribution < 1.29 is 4.79 Å². The van der Waals surface area contributed by atoms with Crippen LogP contribution in [-0.2, 0) is 4.79 Å². The van der Waals surface area contributed by atoms with E-state index in [0.29, 0.717) is 5.92 Å². The summed E-state index contributed by atoms with van der Waals surface area (Å²) in [5.41, 5.74) is 0. The van der Waals surface area contributed by atoms with Crippen LogP contribution in [-0.4, -0.2) is 12.5 Å². The molecule has 0 aromatic carbocycles. The monoisotopic (exact) mass is 140 g/mol. The molecule has 1 rings (SSSR count). The number of carbonyl (C=O) groups is 1. The maximum Gasteiger partial charge on any atom is 0.244 e. The summed E-state index contributed by atoms with van der Waals surface area (Å²) in [7, 11) is 0. The summed E-state index contributed by atoms with van der Waals surface area (Å²) in [5.74, 6) is 0.444. The van der Waals surface area contributed by atoms with Crippen LogP contribution in [0, 0.1) is 5.92 Å². The van der Waals surface area contributed by atoms with E-state index in [9.17, 15) is 4.79 Å². The van der Waals surface area contributed by atoms with E-state index in [-0.39, 0.29) is 5.91 Å². The van der Waals surface area contributed by atoms with Gasteiger partial charge in [0.1, 0.15) is 0 Å². The average molecular weight is 140 g/mol. The molecule has 0 aromatic rings. The molecule has 1 radical (unpaired) electrons. The third-order valence-corrected chi connectivity index (χ3v) is 1.95. The Kier molecular flexibility index (Phi) is 2.72. The first-order valence-corrected chi connectivity index (χ1v) is 4.06. The minimum Gasteiger partial charge on any atom is -0.273 e. The van der Waals surface area contributed by atoms with Crippen LogP contribution >= 0.6 is 0 Å². The lowest BCUT2D eigenvalue weighted by atomic mass is 9.85. The number of rotatable bonds is 3. The van der Waals surface area contributed by atoms with Crippen LogP contribution in [0.25, 0.3) is 0 Å². The van der Waals surface area contributed by atoms with Crippen LogP contribution in [0.1, 0.15) is 32.6 Å². The fraction of sp³-hybridized carbons (Fsp3) is 0.875. The molecule has 2 heteroatoms. The number of hydrogen-bond donors (Lipinski definition) is 0. The summed E-state index contributed by atoms with van der Waals surface area (Å²) < 4.78 is 0. The van der Waals surface area contributed by atoms with Crippen LogP contribution in [0.2, 0.25) is 0 Å². The van der Waals surface area contributed by atoms with Crippen molar-refractivity contribution in [2.75, 3.05) is 6.54 Å². The summed E-state index contributed by atoms with van der Waals surface area (Å²) in [6, 6.07) is 0. The lowest BCUT2D eigenvalue weighted by Gasteiger charge is -2.22. The predicted molar refractivity (Wildman–Crippen MR) is 39.6 cm³/mol. The normalized spacial score (nSPS) is 18.1. The molecular formula is C8H14NO. The average Bonchev–Trinajstić information content (AvgIpc) is 1.79. The summed E-state index contributed by atoms with van der Waals surface area (Å²) in [6.45, 7) is 2.76. The Morgan fingerprint density at radius 2 is 2.30 bits per heavy atom. The second-order valence-electron chi connectivity index (χ2n) is 2.85. The van der Waals surface area contributed by atoms with E-state index in [4.69, 9.17) is 0 Å². The molecule has 57 valence electrons. The molecule has 0 atom stereocenters. The van der Waals surface area contributed by atoms with Gasteiger partial charge in [-0.3, -0.25) is 10.1 Å². The molecule has 1 aliphatic carbocycles. The van der Waals surface area contributed by atoms with Crippen molar-refractivity contribution in [1.82, 2.24) is 5.32 Å². The van der Waals surface area contributed by atoms with Gasteiger partial charge in [0.2, 0.25) is 5.91 Å². The number of amides is 1. The maximum absolute atomic E-state index is 11.0. The smallest absolute Gasteiger partial charge is 0.244 e. The molecule has 1 aliphatic rings. The Labute approximate surface area is 62.0 Å². The molecule has 0 spiro atoms. The van der Waals surface area contributed by atoms with Crippen LogP contribution in [0.4, 0.5) is 0 Å². The van der Waals surface area contributed by atoms with Crippen molar-refractivity contribution in [3.8, 4) is 0 Å². The number of carbonyl (C=O) groups excluding carboxylic acids is 1. The SMILES string of the molecule is CCC[N]C(=O)C1CCC1. The molecule has 10 heavy (non-hydrogen) atoms. The van der Waals surface area contributed by atoms with Crippen LogP contribution in [0.15, 0.2) is 0 Å². The van der Waals surface area contributed by atoms with Gasteiger partial charge in [-0.15, -0.1) is 0 Å². The van der Waals surface area contributed by atoms with Gasteiger partial charge in [0, 0.05) is 12.5 Å². The molecule has 0 saturated heterocycles. The highest BCUT2D eigenvalue weighted by atomic mass is 16.1. The Hall–Kier alpha value is -0.530. The van der Waals surface area contributed by atoms with Crippen LogP contribution in [0.3, 0.4) is 0 Å². The van der Waals surface area contributed by atoms with Crippen molar-refractivity contribution in [3.05, 3.63) is 0 Å². The summed E-state index contributed by atoms with van der Waals surface area (Å²) in [4.78, 5) is 11.0. The van der Waals surface area contributed by atoms with E-state index < -0.39 is 0 Å². The van der Waals surface area contributed by atoms with E-state index in [1.165, 1.54) is 6.42 Å². The minimum absolute atomic E-state index is 0.146. The second kappa shape index (κ2) is 3.59. The third kappa shape index (κ3) is 1.72. The maximum atomic E-state index is 11.0. The van der Waals surface area contributed by atoms with Gasteiger partial charge in [0.15, 0.2) is 0 Å². The van der Waals surface area contributed by atoms with Crippen molar-refractivity contribution in [2.45, 2.75) is 32.6 Å². The van der Waals surface area contributed by atoms with Gasteiger partial charge in [0.25, 0.3) is 0 Å². The van der Waals surface area contributed by atoms with Gasteiger partial charge in [-0.05, 0) is 19.3 Å². The standard InChI is InChI=1S/C8H14NO/c1-2-6-9-8(10)7-4-3-5-7/h7H,2-6H2,1H3. The van der Waals surface area contributed by atoms with E-state index >= 15 is 0 Å². The molecule has 1 amide bonds. The molecule has 0 N–H and O–H groups in total. The van der Waals surface area contributed by atoms with Gasteiger partial charge in [-0.2, -0.15) is 0 Å². The Morgan fingerprint density at radius 3 is 2.70 bits per heavy atom. The van der Waals surface area contributed by atoms with Gasteiger partial charge in [0.05, 0.1) is 0 Å². The zero-order valence-corrected chi connectivity index (χ0v) is 6.47. The third-order valence-electron chi connectivity index (χ3n) is 1.95. The van der Waals surface area contributed by atoms with Crippen LogP contribution in [0.5, 0.6) is 0 Å². The molecule has 0 unspecified atom stereocenters.